The van der Waals surface area contributed by atoms with E-state index in [1.807, 2.05) is 100 Å². The minimum Gasteiger partial charge on any atom is -0.457 e. The highest BCUT2D eigenvalue weighted by Crippen LogP contribution is 2.58. The molecule has 0 bridgehead atoms. The third-order valence-corrected chi connectivity index (χ3v) is 17.1. The normalized spacial score (nSPS) is 16.5. The maximum atomic E-state index is 15.9. The molecular weight excluding hydrogens is 1060 g/mol. The van der Waals surface area contributed by atoms with E-state index in [0.717, 1.165) is 74.0 Å². The van der Waals surface area contributed by atoms with Crippen molar-refractivity contribution in [1.29, 1.82) is 0 Å². The van der Waals surface area contributed by atoms with E-state index in [4.69, 9.17) is 18.9 Å². The molecule has 0 spiro atoms. The molecule has 2 N–H and O–H groups in total. The van der Waals surface area contributed by atoms with Crippen LogP contribution >= 0.6 is 0 Å². The summed E-state index contributed by atoms with van der Waals surface area (Å²) < 4.78 is 28.3. The quantitative estimate of drug-likeness (QED) is 0.0539. The Kier molecular flexibility index (Phi) is 14.2. The number of nitrogens with zero attached hydrogens (tertiary/aromatic N) is 2. The number of amides is 6. The van der Waals surface area contributed by atoms with Crippen molar-refractivity contribution in [3.05, 3.63) is 168 Å². The van der Waals surface area contributed by atoms with E-state index in [9.17, 15) is 9.59 Å². The molecule has 9 aromatic carbocycles. The SMILES string of the molecule is CC(C)C(C(=O)NC1CCCCC1)N1C(=O)c2cc(Oc3ccccc3)c3c4c(Oc5ccccc5)cc5c6c(cc(Oc7ccccc7)c(c7c(Oc8ccccc8)cc(c2c37)C1=O)c64)C(=O)N(C(C(=O)NC1CCCCC1)C(C)C)C5=O. The van der Waals surface area contributed by atoms with Crippen LogP contribution in [0.25, 0.3) is 43.1 Å². The summed E-state index contributed by atoms with van der Waals surface area (Å²) >= 11 is 0. The molecule has 84 heavy (non-hydrogen) atoms. The lowest BCUT2D eigenvalue weighted by Gasteiger charge is -2.38. The summed E-state index contributed by atoms with van der Waals surface area (Å²) in [5, 5.41) is 9.11. The third-order valence-electron chi connectivity index (χ3n) is 17.1. The molecule has 6 amide bonds. The highest BCUT2D eigenvalue weighted by Gasteiger charge is 2.47. The number of fused-ring (bicyclic) bond motifs is 2. The molecular formula is C70H64N4O10. The number of hydrogen-bond donors (Lipinski definition) is 2. The van der Waals surface area contributed by atoms with Gasteiger partial charge in [-0.3, -0.25) is 38.6 Å². The first kappa shape index (κ1) is 54.0. The van der Waals surface area contributed by atoms with Crippen molar-refractivity contribution in [2.75, 3.05) is 0 Å². The van der Waals surface area contributed by atoms with Crippen molar-refractivity contribution in [3.63, 3.8) is 0 Å². The van der Waals surface area contributed by atoms with Crippen LogP contribution in [-0.4, -0.2) is 69.4 Å². The third kappa shape index (κ3) is 9.47. The van der Waals surface area contributed by atoms with E-state index >= 15 is 19.2 Å². The van der Waals surface area contributed by atoms with Crippen LogP contribution in [-0.2, 0) is 9.59 Å². The Hall–Kier alpha value is -9.30. The Bertz CT molecular complexity index is 3610. The van der Waals surface area contributed by atoms with Gasteiger partial charge in [0.05, 0.1) is 22.3 Å². The Labute approximate surface area is 486 Å². The number of rotatable bonds is 16. The summed E-state index contributed by atoms with van der Waals surface area (Å²) in [6.45, 7) is 7.32. The highest BCUT2D eigenvalue weighted by atomic mass is 16.5. The number of benzene rings is 9. The number of hydrogen-bond acceptors (Lipinski definition) is 10. The van der Waals surface area contributed by atoms with Gasteiger partial charge in [0.25, 0.3) is 23.6 Å². The van der Waals surface area contributed by atoms with Gasteiger partial charge >= 0.3 is 0 Å². The maximum Gasteiger partial charge on any atom is 0.262 e. The predicted molar refractivity (Wildman–Crippen MR) is 322 cm³/mol. The van der Waals surface area contributed by atoms with Crippen LogP contribution in [0.5, 0.6) is 46.0 Å². The molecule has 2 aliphatic carbocycles. The molecule has 424 valence electrons. The average Bonchev–Trinajstić information content (AvgIpc) is 0.731. The van der Waals surface area contributed by atoms with Crippen molar-refractivity contribution in [2.45, 2.75) is 116 Å². The van der Waals surface area contributed by atoms with Gasteiger partial charge in [0, 0.05) is 55.2 Å². The van der Waals surface area contributed by atoms with Crippen LogP contribution < -0.4 is 29.6 Å². The smallest absolute Gasteiger partial charge is 0.262 e. The number of carbonyl (C=O) groups is 6. The van der Waals surface area contributed by atoms with E-state index in [-0.39, 0.29) is 68.1 Å². The zero-order chi connectivity index (χ0) is 57.9. The van der Waals surface area contributed by atoms with Crippen molar-refractivity contribution < 1.29 is 47.7 Å². The number of para-hydroxylation sites is 4. The van der Waals surface area contributed by atoms with Crippen molar-refractivity contribution >= 4 is 78.5 Å². The molecule has 13 rings (SSSR count). The lowest BCUT2D eigenvalue weighted by atomic mass is 9.80. The van der Waals surface area contributed by atoms with E-state index < -0.39 is 59.4 Å². The zero-order valence-corrected chi connectivity index (χ0v) is 47.4. The largest absolute Gasteiger partial charge is 0.457 e. The summed E-state index contributed by atoms with van der Waals surface area (Å²) in [5.41, 5.74) is 0.371. The van der Waals surface area contributed by atoms with Crippen molar-refractivity contribution in [3.8, 4) is 46.0 Å². The van der Waals surface area contributed by atoms with Gasteiger partial charge in [-0.05, 0) is 110 Å². The minimum absolute atomic E-state index is 0.0928. The zero-order valence-electron chi connectivity index (χ0n) is 47.4. The predicted octanol–water partition coefficient (Wildman–Crippen LogP) is 15.0. The van der Waals surface area contributed by atoms with Crippen LogP contribution in [0, 0.1) is 11.8 Å². The highest BCUT2D eigenvalue weighted by molar-refractivity contribution is 6.45. The fraction of sp³-hybridized carbons (Fsp3) is 0.286. The summed E-state index contributed by atoms with van der Waals surface area (Å²) in [7, 11) is 0. The first-order chi connectivity index (χ1) is 40.8. The van der Waals surface area contributed by atoms with E-state index in [1.54, 1.807) is 72.8 Å². The number of carbonyl (C=O) groups excluding carboxylic acids is 6. The van der Waals surface area contributed by atoms with Gasteiger partial charge in [-0.2, -0.15) is 0 Å². The maximum absolute atomic E-state index is 15.9. The lowest BCUT2D eigenvalue weighted by Crippen LogP contribution is -2.57. The molecule has 2 aliphatic heterocycles. The summed E-state index contributed by atoms with van der Waals surface area (Å²) in [4.78, 5) is 95.2. The second-order valence-corrected chi connectivity index (χ2v) is 23.4. The molecule has 0 aromatic heterocycles. The second kappa shape index (κ2) is 22.1. The summed E-state index contributed by atoms with van der Waals surface area (Å²) in [5.74, 6) is -2.36. The van der Waals surface area contributed by atoms with Crippen molar-refractivity contribution in [1.82, 2.24) is 20.4 Å². The molecule has 14 nitrogen and oxygen atoms in total. The molecule has 2 heterocycles. The molecule has 0 radical (unpaired) electrons. The minimum atomic E-state index is -1.20. The number of nitrogens with one attached hydrogen (secondary N) is 2. The van der Waals surface area contributed by atoms with Gasteiger partial charge in [0.1, 0.15) is 58.1 Å². The Morgan fingerprint density at radius 1 is 0.369 bits per heavy atom. The van der Waals surface area contributed by atoms with Gasteiger partial charge in [-0.25, -0.2) is 0 Å². The van der Waals surface area contributed by atoms with Crippen molar-refractivity contribution in [2.24, 2.45) is 11.8 Å². The topological polar surface area (TPSA) is 170 Å². The first-order valence-corrected chi connectivity index (χ1v) is 29.5. The monoisotopic (exact) mass is 1120 g/mol. The molecule has 2 unspecified atom stereocenters. The molecule has 9 aromatic rings. The molecule has 2 saturated carbocycles. The van der Waals surface area contributed by atoms with E-state index in [0.29, 0.717) is 55.3 Å². The standard InChI is InChI=1S/C70H64N4O10/c1-39(2)63(65(75)71-41-23-11-5-12-24-41)73-67(77)47-35-51(81-43-27-15-7-16-28-43)57-59-53(83-45-31-19-9-20-32-45)37-49-56-50(70(80)74(69(49)79)64(40(3)4)66(76)72-42-25-13-6-14-26-42)38-54(84-46-33-21-10-22-34-46)60(62(56)59)58-52(82-44-29-17-8-18-30-44)36-48(68(73)78)55(47)61(57)58/h7-10,15-22,27-42,63-64H,5-6,11-14,23-26H2,1-4H3,(H,71,75)(H,72,76). The summed E-state index contributed by atoms with van der Waals surface area (Å²) in [6.07, 6.45) is 9.19. The molecule has 2 atom stereocenters. The Balaban J connectivity index is 1.17. The number of ether oxygens (including phenoxy) is 4. The van der Waals surface area contributed by atoms with Crippen LogP contribution in [0.2, 0.25) is 0 Å². The lowest BCUT2D eigenvalue weighted by molar-refractivity contribution is -0.128. The number of imide groups is 2. The van der Waals surface area contributed by atoms with E-state index in [1.165, 1.54) is 0 Å². The van der Waals surface area contributed by atoms with Crippen LogP contribution in [0.1, 0.15) is 133 Å². The second-order valence-electron chi connectivity index (χ2n) is 23.4. The molecule has 0 saturated heterocycles. The van der Waals surface area contributed by atoms with Gasteiger partial charge in [0.15, 0.2) is 0 Å². The average molecular weight is 1120 g/mol. The summed E-state index contributed by atoms with van der Waals surface area (Å²) in [6, 6.07) is 40.2. The molecule has 4 aliphatic rings. The Morgan fingerprint density at radius 3 is 0.857 bits per heavy atom. The van der Waals surface area contributed by atoms with E-state index in [2.05, 4.69) is 10.6 Å². The van der Waals surface area contributed by atoms with Crippen LogP contribution in [0.3, 0.4) is 0 Å². The van der Waals surface area contributed by atoms with Gasteiger partial charge in [-0.1, -0.05) is 139 Å². The van der Waals surface area contributed by atoms with Gasteiger partial charge < -0.3 is 29.6 Å². The van der Waals surface area contributed by atoms with Crippen LogP contribution in [0.4, 0.5) is 0 Å². The van der Waals surface area contributed by atoms with Gasteiger partial charge in [0.2, 0.25) is 11.8 Å². The first-order valence-electron chi connectivity index (χ1n) is 29.5. The fourth-order valence-corrected chi connectivity index (χ4v) is 13.3. The molecule has 14 heteroatoms. The molecule has 2 fully saturated rings. The fourth-order valence-electron chi connectivity index (χ4n) is 13.3. The Morgan fingerprint density at radius 2 is 0.619 bits per heavy atom. The van der Waals surface area contributed by atoms with Gasteiger partial charge in [-0.15, -0.1) is 0 Å². The van der Waals surface area contributed by atoms with Crippen LogP contribution in [0.15, 0.2) is 146 Å².